The van der Waals surface area contributed by atoms with Crippen molar-refractivity contribution in [3.8, 4) is 0 Å². The summed E-state index contributed by atoms with van der Waals surface area (Å²) in [6.07, 6.45) is 3.74. The SMILES string of the molecule is CCCCN(CCCC)C(=O)c1ccccc1S(=O)(=O)Cl. The molecule has 0 saturated heterocycles. The number of unbranched alkanes of at least 4 members (excludes halogenated alkanes) is 2. The van der Waals surface area contributed by atoms with Crippen molar-refractivity contribution in [3.63, 3.8) is 0 Å². The second-order valence-electron chi connectivity index (χ2n) is 4.93. The Labute approximate surface area is 131 Å². The lowest BCUT2D eigenvalue weighted by molar-refractivity contribution is 0.0747. The number of rotatable bonds is 8. The summed E-state index contributed by atoms with van der Waals surface area (Å²) in [6.45, 7) is 5.37. The van der Waals surface area contributed by atoms with Crippen molar-refractivity contribution in [1.82, 2.24) is 4.90 Å². The molecule has 0 aromatic heterocycles. The van der Waals surface area contributed by atoms with Crippen LogP contribution in [-0.4, -0.2) is 32.3 Å². The molecular formula is C15H22ClNO3S. The monoisotopic (exact) mass is 331 g/mol. The van der Waals surface area contributed by atoms with Gasteiger partial charge in [0.1, 0.15) is 0 Å². The third kappa shape index (κ3) is 5.32. The van der Waals surface area contributed by atoms with Gasteiger partial charge >= 0.3 is 0 Å². The van der Waals surface area contributed by atoms with E-state index in [1.54, 1.807) is 17.0 Å². The van der Waals surface area contributed by atoms with Crippen LogP contribution in [0.15, 0.2) is 29.2 Å². The van der Waals surface area contributed by atoms with Crippen molar-refractivity contribution < 1.29 is 13.2 Å². The van der Waals surface area contributed by atoms with Gasteiger partial charge in [0.2, 0.25) is 0 Å². The van der Waals surface area contributed by atoms with Crippen molar-refractivity contribution in [2.24, 2.45) is 0 Å². The number of carbonyl (C=O) groups is 1. The third-order valence-corrected chi connectivity index (χ3v) is 4.61. The van der Waals surface area contributed by atoms with Gasteiger partial charge in [-0.05, 0) is 25.0 Å². The largest absolute Gasteiger partial charge is 0.339 e. The molecule has 0 spiro atoms. The lowest BCUT2D eigenvalue weighted by Crippen LogP contribution is -2.33. The summed E-state index contributed by atoms with van der Waals surface area (Å²) in [6, 6.07) is 6.10. The van der Waals surface area contributed by atoms with Gasteiger partial charge in [-0.1, -0.05) is 38.8 Å². The van der Waals surface area contributed by atoms with Crippen LogP contribution >= 0.6 is 10.7 Å². The number of amides is 1. The van der Waals surface area contributed by atoms with Gasteiger partial charge in [-0.2, -0.15) is 0 Å². The molecule has 0 aliphatic rings. The molecule has 0 N–H and O–H groups in total. The van der Waals surface area contributed by atoms with E-state index in [2.05, 4.69) is 13.8 Å². The molecule has 0 fully saturated rings. The second-order valence-corrected chi connectivity index (χ2v) is 7.47. The van der Waals surface area contributed by atoms with E-state index in [9.17, 15) is 13.2 Å². The molecule has 0 heterocycles. The van der Waals surface area contributed by atoms with Crippen molar-refractivity contribution in [1.29, 1.82) is 0 Å². The Morgan fingerprint density at radius 2 is 1.62 bits per heavy atom. The topological polar surface area (TPSA) is 54.5 Å². The average molecular weight is 332 g/mol. The van der Waals surface area contributed by atoms with Crippen LogP contribution in [0.2, 0.25) is 0 Å². The summed E-state index contributed by atoms with van der Waals surface area (Å²) in [5.74, 6) is -0.267. The molecule has 4 nitrogen and oxygen atoms in total. The minimum absolute atomic E-state index is 0.116. The number of nitrogens with zero attached hydrogens (tertiary/aromatic N) is 1. The highest BCUT2D eigenvalue weighted by atomic mass is 35.7. The maximum atomic E-state index is 12.6. The van der Waals surface area contributed by atoms with Crippen LogP contribution in [0, 0.1) is 0 Å². The van der Waals surface area contributed by atoms with Gasteiger partial charge in [-0.25, -0.2) is 8.42 Å². The van der Waals surface area contributed by atoms with E-state index in [-0.39, 0.29) is 16.4 Å². The lowest BCUT2D eigenvalue weighted by Gasteiger charge is -2.23. The zero-order valence-electron chi connectivity index (χ0n) is 12.5. The Kier molecular flexibility index (Phi) is 7.18. The van der Waals surface area contributed by atoms with Gasteiger partial charge < -0.3 is 4.90 Å². The van der Waals surface area contributed by atoms with Gasteiger partial charge in [-0.15, -0.1) is 0 Å². The van der Waals surface area contributed by atoms with E-state index < -0.39 is 9.05 Å². The van der Waals surface area contributed by atoms with Crippen LogP contribution < -0.4 is 0 Å². The van der Waals surface area contributed by atoms with Crippen LogP contribution in [0.25, 0.3) is 0 Å². The molecule has 0 bridgehead atoms. The van der Waals surface area contributed by atoms with Crippen LogP contribution in [0.5, 0.6) is 0 Å². The fraction of sp³-hybridized carbons (Fsp3) is 0.533. The van der Waals surface area contributed by atoms with Crippen molar-refractivity contribution >= 4 is 25.6 Å². The normalized spacial score (nSPS) is 11.4. The predicted molar refractivity (Wildman–Crippen MR) is 85.2 cm³/mol. The molecule has 6 heteroatoms. The van der Waals surface area contributed by atoms with E-state index in [0.29, 0.717) is 13.1 Å². The zero-order chi connectivity index (χ0) is 15.9. The predicted octanol–water partition coefficient (Wildman–Crippen LogP) is 3.66. The van der Waals surface area contributed by atoms with Gasteiger partial charge in [0.15, 0.2) is 0 Å². The number of hydrogen-bond donors (Lipinski definition) is 0. The zero-order valence-corrected chi connectivity index (χ0v) is 14.1. The Balaban J connectivity index is 3.08. The maximum Gasteiger partial charge on any atom is 0.262 e. The summed E-state index contributed by atoms with van der Waals surface area (Å²) < 4.78 is 23.2. The highest BCUT2D eigenvalue weighted by Crippen LogP contribution is 2.21. The first-order valence-electron chi connectivity index (χ1n) is 7.24. The standard InChI is InChI=1S/C15H22ClNO3S/c1-3-5-11-17(12-6-4-2)15(18)13-9-7-8-10-14(13)21(16,19)20/h7-10H,3-6,11-12H2,1-2H3. The minimum atomic E-state index is -3.93. The first kappa shape index (κ1) is 18.0. The smallest absolute Gasteiger partial charge is 0.262 e. The number of carbonyl (C=O) groups excluding carboxylic acids is 1. The first-order chi connectivity index (χ1) is 9.91. The average Bonchev–Trinajstić information content (AvgIpc) is 2.46. The van der Waals surface area contributed by atoms with E-state index in [1.165, 1.54) is 12.1 Å². The molecule has 0 atom stereocenters. The van der Waals surface area contributed by atoms with E-state index in [0.717, 1.165) is 25.7 Å². The summed E-state index contributed by atoms with van der Waals surface area (Å²) in [5, 5.41) is 0. The van der Waals surface area contributed by atoms with E-state index in [4.69, 9.17) is 10.7 Å². The number of benzene rings is 1. The van der Waals surface area contributed by atoms with Crippen LogP contribution in [0.1, 0.15) is 49.9 Å². The fourth-order valence-corrected chi connectivity index (χ4v) is 3.10. The Morgan fingerprint density at radius 1 is 1.10 bits per heavy atom. The summed E-state index contributed by atoms with van der Waals surface area (Å²) in [5.41, 5.74) is 0.153. The Morgan fingerprint density at radius 3 is 2.10 bits per heavy atom. The maximum absolute atomic E-state index is 12.6. The quantitative estimate of drug-likeness (QED) is 0.683. The van der Waals surface area contributed by atoms with E-state index >= 15 is 0 Å². The molecule has 0 aliphatic carbocycles. The minimum Gasteiger partial charge on any atom is -0.339 e. The molecule has 1 aromatic rings. The van der Waals surface area contributed by atoms with Crippen LogP contribution in [0.4, 0.5) is 0 Å². The second kappa shape index (κ2) is 8.39. The highest BCUT2D eigenvalue weighted by molar-refractivity contribution is 8.13. The molecule has 1 aromatic carbocycles. The van der Waals surface area contributed by atoms with Gasteiger partial charge in [0.05, 0.1) is 10.5 Å². The highest BCUT2D eigenvalue weighted by Gasteiger charge is 2.23. The van der Waals surface area contributed by atoms with E-state index in [1.807, 2.05) is 0 Å². The molecule has 118 valence electrons. The molecule has 1 amide bonds. The molecule has 0 aliphatic heterocycles. The molecular weight excluding hydrogens is 310 g/mol. The molecule has 0 unspecified atom stereocenters. The number of halogens is 1. The van der Waals surface area contributed by atoms with Gasteiger partial charge in [0.25, 0.3) is 15.0 Å². The van der Waals surface area contributed by atoms with Crippen molar-refractivity contribution in [3.05, 3.63) is 29.8 Å². The van der Waals surface area contributed by atoms with Gasteiger partial charge in [-0.3, -0.25) is 4.79 Å². The first-order valence-corrected chi connectivity index (χ1v) is 9.55. The summed E-state index contributed by atoms with van der Waals surface area (Å²) in [4.78, 5) is 14.2. The fourth-order valence-electron chi connectivity index (χ4n) is 2.04. The Bertz CT molecular complexity index is 564. The number of hydrogen-bond acceptors (Lipinski definition) is 3. The molecule has 21 heavy (non-hydrogen) atoms. The Hall–Kier alpha value is -1.07. The van der Waals surface area contributed by atoms with Crippen molar-refractivity contribution in [2.75, 3.05) is 13.1 Å². The summed E-state index contributed by atoms with van der Waals surface area (Å²) >= 11 is 0. The van der Waals surface area contributed by atoms with Crippen LogP contribution in [-0.2, 0) is 9.05 Å². The van der Waals surface area contributed by atoms with Crippen molar-refractivity contribution in [2.45, 2.75) is 44.4 Å². The summed E-state index contributed by atoms with van der Waals surface area (Å²) in [7, 11) is 1.49. The third-order valence-electron chi connectivity index (χ3n) is 3.23. The molecule has 0 saturated carbocycles. The van der Waals surface area contributed by atoms with Crippen LogP contribution in [0.3, 0.4) is 0 Å². The van der Waals surface area contributed by atoms with Gasteiger partial charge in [0, 0.05) is 23.8 Å². The molecule has 1 rings (SSSR count). The lowest BCUT2D eigenvalue weighted by atomic mass is 10.1. The molecule has 0 radical (unpaired) electrons.